The molecule has 0 aromatic carbocycles. The summed E-state index contributed by atoms with van der Waals surface area (Å²) in [7, 11) is 0. The fourth-order valence-electron chi connectivity index (χ4n) is 3.75. The van der Waals surface area contributed by atoms with Crippen molar-refractivity contribution in [3.8, 4) is 0 Å². The third-order valence-corrected chi connectivity index (χ3v) is 5.81. The zero-order chi connectivity index (χ0) is 21.3. The molecule has 0 heterocycles. The number of rotatable bonds is 25. The second-order valence-electron chi connectivity index (χ2n) is 8.81. The molecule has 2 N–H and O–H groups in total. The highest BCUT2D eigenvalue weighted by atomic mass is 16.5. The van der Waals surface area contributed by atoms with Gasteiger partial charge >= 0.3 is 0 Å². The number of nitrogens with two attached hydrogens (primary N) is 1. The van der Waals surface area contributed by atoms with Crippen molar-refractivity contribution in [3.05, 3.63) is 0 Å². The monoisotopic (exact) mass is 413 g/mol. The Morgan fingerprint density at radius 2 is 0.897 bits per heavy atom. The Bertz CT molecular complexity index is 286. The molecule has 0 aliphatic rings. The lowest BCUT2D eigenvalue weighted by Gasteiger charge is -2.16. The van der Waals surface area contributed by atoms with Gasteiger partial charge in [0.25, 0.3) is 0 Å². The van der Waals surface area contributed by atoms with Gasteiger partial charge in [0.15, 0.2) is 0 Å². The van der Waals surface area contributed by atoms with Gasteiger partial charge in [0.05, 0.1) is 12.7 Å². The van der Waals surface area contributed by atoms with E-state index in [1.54, 1.807) is 0 Å². The maximum atomic E-state index is 5.78. The summed E-state index contributed by atoms with van der Waals surface area (Å²) in [6.45, 7) is 7.39. The molecule has 0 saturated carbocycles. The Balaban J connectivity index is 3.16. The first-order chi connectivity index (χ1) is 14.3. The van der Waals surface area contributed by atoms with Crippen LogP contribution in [0.15, 0.2) is 0 Å². The van der Waals surface area contributed by atoms with Crippen LogP contribution in [0.4, 0.5) is 0 Å². The first-order valence-corrected chi connectivity index (χ1v) is 13.2. The Morgan fingerprint density at radius 1 is 0.517 bits per heavy atom. The molecule has 3 heteroatoms. The largest absolute Gasteiger partial charge is 0.379 e. The molecular formula is C26H55NO2. The van der Waals surface area contributed by atoms with Crippen LogP contribution in [-0.4, -0.2) is 32.5 Å². The fourth-order valence-corrected chi connectivity index (χ4v) is 3.75. The fraction of sp³-hybridized carbons (Fsp3) is 1.00. The summed E-state index contributed by atoms with van der Waals surface area (Å²) in [5.41, 5.74) is 5.76. The van der Waals surface area contributed by atoms with E-state index in [9.17, 15) is 0 Å². The molecule has 0 fully saturated rings. The third-order valence-electron chi connectivity index (χ3n) is 5.81. The number of unbranched alkanes of at least 4 members (excludes halogenated alkanes) is 17. The van der Waals surface area contributed by atoms with Crippen molar-refractivity contribution in [1.82, 2.24) is 0 Å². The Kier molecular flexibility index (Phi) is 25.8. The third kappa shape index (κ3) is 24.0. The van der Waals surface area contributed by atoms with Crippen LogP contribution in [0.1, 0.15) is 136 Å². The second kappa shape index (κ2) is 25.9. The van der Waals surface area contributed by atoms with E-state index in [0.29, 0.717) is 13.2 Å². The smallest absolute Gasteiger partial charge is 0.0930 e. The number of hydrogen-bond acceptors (Lipinski definition) is 3. The summed E-state index contributed by atoms with van der Waals surface area (Å²) >= 11 is 0. The van der Waals surface area contributed by atoms with Gasteiger partial charge in [-0.3, -0.25) is 0 Å². The minimum Gasteiger partial charge on any atom is -0.379 e. The van der Waals surface area contributed by atoms with Crippen molar-refractivity contribution in [2.75, 3.05) is 26.4 Å². The highest BCUT2D eigenvalue weighted by Gasteiger charge is 2.06. The lowest BCUT2D eigenvalue weighted by molar-refractivity contribution is -0.0135. The van der Waals surface area contributed by atoms with Gasteiger partial charge < -0.3 is 15.2 Å². The maximum absolute atomic E-state index is 5.78. The summed E-state index contributed by atoms with van der Waals surface area (Å²) in [6, 6.07) is 0. The molecule has 3 nitrogen and oxygen atoms in total. The molecule has 1 atom stereocenters. The van der Waals surface area contributed by atoms with E-state index in [2.05, 4.69) is 13.8 Å². The SMILES string of the molecule is CCCCCCCCCCCCCCCCCCOC[C@H](CN)OCCCCC. The summed E-state index contributed by atoms with van der Waals surface area (Å²) in [6.07, 6.45) is 26.2. The first kappa shape index (κ1) is 28.9. The molecule has 0 radical (unpaired) electrons. The second-order valence-corrected chi connectivity index (χ2v) is 8.81. The molecular weight excluding hydrogens is 358 g/mol. The molecule has 0 aromatic heterocycles. The topological polar surface area (TPSA) is 44.5 Å². The first-order valence-electron chi connectivity index (χ1n) is 13.2. The van der Waals surface area contributed by atoms with Gasteiger partial charge in [0.2, 0.25) is 0 Å². The van der Waals surface area contributed by atoms with Crippen molar-refractivity contribution in [3.63, 3.8) is 0 Å². The number of ether oxygens (including phenoxy) is 2. The minimum atomic E-state index is 0.0768. The van der Waals surface area contributed by atoms with Crippen LogP contribution in [0.5, 0.6) is 0 Å². The van der Waals surface area contributed by atoms with E-state index in [4.69, 9.17) is 15.2 Å². The van der Waals surface area contributed by atoms with Gasteiger partial charge in [0, 0.05) is 19.8 Å². The zero-order valence-corrected chi connectivity index (χ0v) is 20.2. The van der Waals surface area contributed by atoms with E-state index in [0.717, 1.165) is 19.6 Å². The molecule has 176 valence electrons. The highest BCUT2D eigenvalue weighted by molar-refractivity contribution is 4.57. The van der Waals surface area contributed by atoms with E-state index < -0.39 is 0 Å². The van der Waals surface area contributed by atoms with Crippen LogP contribution < -0.4 is 5.73 Å². The van der Waals surface area contributed by atoms with Gasteiger partial charge in [-0.25, -0.2) is 0 Å². The molecule has 0 rings (SSSR count). The van der Waals surface area contributed by atoms with Crippen LogP contribution >= 0.6 is 0 Å². The average Bonchev–Trinajstić information content (AvgIpc) is 2.74. The summed E-state index contributed by atoms with van der Waals surface area (Å²) in [4.78, 5) is 0. The van der Waals surface area contributed by atoms with Gasteiger partial charge in [-0.2, -0.15) is 0 Å². The van der Waals surface area contributed by atoms with Crippen LogP contribution in [0.3, 0.4) is 0 Å². The molecule has 0 unspecified atom stereocenters. The lowest BCUT2D eigenvalue weighted by Crippen LogP contribution is -2.29. The van der Waals surface area contributed by atoms with Crippen molar-refractivity contribution in [1.29, 1.82) is 0 Å². The van der Waals surface area contributed by atoms with Crippen LogP contribution in [-0.2, 0) is 9.47 Å². The molecule has 0 aliphatic carbocycles. The van der Waals surface area contributed by atoms with E-state index in [1.807, 2.05) is 0 Å². The maximum Gasteiger partial charge on any atom is 0.0930 e. The predicted octanol–water partition coefficient (Wildman–Crippen LogP) is 7.80. The van der Waals surface area contributed by atoms with Crippen molar-refractivity contribution in [2.24, 2.45) is 5.73 Å². The van der Waals surface area contributed by atoms with Gasteiger partial charge in [0.1, 0.15) is 0 Å². The van der Waals surface area contributed by atoms with Crippen molar-refractivity contribution < 1.29 is 9.47 Å². The average molecular weight is 414 g/mol. The molecule has 0 bridgehead atoms. The normalized spacial score (nSPS) is 12.5. The number of hydrogen-bond donors (Lipinski definition) is 1. The Labute approximate surface area is 183 Å². The highest BCUT2D eigenvalue weighted by Crippen LogP contribution is 2.13. The van der Waals surface area contributed by atoms with E-state index >= 15 is 0 Å². The van der Waals surface area contributed by atoms with Gasteiger partial charge in [-0.1, -0.05) is 123 Å². The van der Waals surface area contributed by atoms with E-state index in [1.165, 1.54) is 116 Å². The molecule has 0 aliphatic heterocycles. The standard InChI is InChI=1S/C26H55NO2/c1-3-5-7-8-9-10-11-12-13-14-15-16-17-18-19-21-22-28-25-26(24-27)29-23-20-6-4-2/h26H,3-25,27H2,1-2H3/t26-/m0/s1. The summed E-state index contributed by atoms with van der Waals surface area (Å²) in [5, 5.41) is 0. The van der Waals surface area contributed by atoms with E-state index in [-0.39, 0.29) is 6.10 Å². The minimum absolute atomic E-state index is 0.0768. The van der Waals surface area contributed by atoms with Crippen LogP contribution in [0.2, 0.25) is 0 Å². The molecule has 0 spiro atoms. The van der Waals surface area contributed by atoms with Crippen LogP contribution in [0.25, 0.3) is 0 Å². The van der Waals surface area contributed by atoms with Crippen LogP contribution in [0, 0.1) is 0 Å². The molecule has 0 saturated heterocycles. The molecule has 0 amide bonds. The molecule has 29 heavy (non-hydrogen) atoms. The van der Waals surface area contributed by atoms with Crippen molar-refractivity contribution >= 4 is 0 Å². The van der Waals surface area contributed by atoms with Gasteiger partial charge in [-0.05, 0) is 12.8 Å². The van der Waals surface area contributed by atoms with Crippen molar-refractivity contribution in [2.45, 2.75) is 142 Å². The van der Waals surface area contributed by atoms with Gasteiger partial charge in [-0.15, -0.1) is 0 Å². The quantitative estimate of drug-likeness (QED) is 0.155. The summed E-state index contributed by atoms with van der Waals surface area (Å²) < 4.78 is 11.5. The summed E-state index contributed by atoms with van der Waals surface area (Å²) in [5.74, 6) is 0. The molecule has 0 aromatic rings. The Hall–Kier alpha value is -0.120. The Morgan fingerprint density at radius 3 is 1.34 bits per heavy atom. The predicted molar refractivity (Wildman–Crippen MR) is 129 cm³/mol. The lowest BCUT2D eigenvalue weighted by atomic mass is 10.0. The zero-order valence-electron chi connectivity index (χ0n) is 20.2.